The molecule has 1 atom stereocenters. The van der Waals surface area contributed by atoms with Gasteiger partial charge in [-0.2, -0.15) is 0 Å². The number of esters is 1. The van der Waals surface area contributed by atoms with E-state index >= 15 is 0 Å². The van der Waals surface area contributed by atoms with Crippen LogP contribution in [0.3, 0.4) is 0 Å². The van der Waals surface area contributed by atoms with Crippen molar-refractivity contribution < 1.29 is 19.1 Å². The van der Waals surface area contributed by atoms with Crippen LogP contribution in [-0.2, 0) is 14.3 Å². The number of anilines is 1. The van der Waals surface area contributed by atoms with E-state index in [4.69, 9.17) is 4.74 Å². The molecule has 0 spiro atoms. The van der Waals surface area contributed by atoms with Gasteiger partial charge in [-0.05, 0) is 38.6 Å². The van der Waals surface area contributed by atoms with Crippen molar-refractivity contribution in [2.24, 2.45) is 0 Å². The summed E-state index contributed by atoms with van der Waals surface area (Å²) in [4.78, 5) is 39.5. The van der Waals surface area contributed by atoms with Gasteiger partial charge in [-0.25, -0.2) is 9.69 Å². The molecule has 0 radical (unpaired) electrons. The molecule has 23 heavy (non-hydrogen) atoms. The van der Waals surface area contributed by atoms with Crippen LogP contribution in [0.5, 0.6) is 0 Å². The van der Waals surface area contributed by atoms with E-state index in [2.05, 4.69) is 4.90 Å². The molecule has 1 unspecified atom stereocenters. The Hall–Kier alpha value is -2.21. The van der Waals surface area contributed by atoms with Gasteiger partial charge in [0, 0.05) is 18.9 Å². The van der Waals surface area contributed by atoms with Gasteiger partial charge >= 0.3 is 5.97 Å². The lowest BCUT2D eigenvalue weighted by Crippen LogP contribution is -2.32. The molecule has 1 aromatic carbocycles. The summed E-state index contributed by atoms with van der Waals surface area (Å²) in [6, 6.07) is 6.85. The summed E-state index contributed by atoms with van der Waals surface area (Å²) in [6.45, 7) is 1.33. The predicted molar refractivity (Wildman–Crippen MR) is 84.1 cm³/mol. The highest BCUT2D eigenvalue weighted by Crippen LogP contribution is 2.27. The molecular weight excluding hydrogens is 296 g/mol. The van der Waals surface area contributed by atoms with Crippen LogP contribution in [0.15, 0.2) is 24.3 Å². The molecule has 122 valence electrons. The molecule has 2 heterocycles. The minimum atomic E-state index is -0.492. The molecule has 0 aliphatic carbocycles. The molecule has 0 N–H and O–H groups in total. The normalized spacial score (nSPS) is 22.0. The number of hydrogen-bond acceptors (Lipinski definition) is 5. The third-order valence-electron chi connectivity index (χ3n) is 4.49. The van der Waals surface area contributed by atoms with Crippen LogP contribution < -0.4 is 4.90 Å². The number of likely N-dealkylation sites (tertiary alicyclic amines) is 1. The van der Waals surface area contributed by atoms with Crippen LogP contribution in [0.4, 0.5) is 5.69 Å². The van der Waals surface area contributed by atoms with E-state index in [-0.39, 0.29) is 36.3 Å². The Morgan fingerprint density at radius 3 is 2.57 bits per heavy atom. The lowest BCUT2D eigenvalue weighted by Gasteiger charge is -2.20. The summed E-state index contributed by atoms with van der Waals surface area (Å²) in [6.07, 6.45) is 2.49. The monoisotopic (exact) mass is 316 g/mol. The first-order valence-electron chi connectivity index (χ1n) is 7.90. The third kappa shape index (κ3) is 3.12. The van der Waals surface area contributed by atoms with Crippen molar-refractivity contribution in [3.63, 3.8) is 0 Å². The molecule has 0 bridgehead atoms. The molecule has 0 aromatic heterocycles. The molecular formula is C17H20N2O4. The average Bonchev–Trinajstić information content (AvgIpc) is 3.10. The SMILES string of the molecule is CN1CCCC1COC(=O)c1ccccc1N1C(=O)CCC1=O. The Kier molecular flexibility index (Phi) is 4.43. The maximum atomic E-state index is 12.4. The van der Waals surface area contributed by atoms with Crippen molar-refractivity contribution in [2.45, 2.75) is 31.7 Å². The van der Waals surface area contributed by atoms with E-state index in [0.717, 1.165) is 24.3 Å². The van der Waals surface area contributed by atoms with E-state index in [1.807, 2.05) is 7.05 Å². The number of ether oxygens (including phenoxy) is 1. The molecule has 2 aliphatic rings. The van der Waals surface area contributed by atoms with Gasteiger partial charge in [-0.1, -0.05) is 12.1 Å². The summed E-state index contributed by atoms with van der Waals surface area (Å²) in [5.74, 6) is -1.04. The number of likely N-dealkylation sites (N-methyl/N-ethyl adjacent to an activating group) is 1. The smallest absolute Gasteiger partial charge is 0.340 e. The first-order valence-corrected chi connectivity index (χ1v) is 7.90. The summed E-state index contributed by atoms with van der Waals surface area (Å²) >= 11 is 0. The van der Waals surface area contributed by atoms with Gasteiger partial charge in [0.25, 0.3) is 0 Å². The zero-order valence-corrected chi connectivity index (χ0v) is 13.2. The molecule has 2 aliphatic heterocycles. The quantitative estimate of drug-likeness (QED) is 0.623. The molecule has 1 aromatic rings. The summed E-state index contributed by atoms with van der Waals surface area (Å²) in [7, 11) is 2.01. The van der Waals surface area contributed by atoms with E-state index in [9.17, 15) is 14.4 Å². The van der Waals surface area contributed by atoms with Crippen molar-refractivity contribution >= 4 is 23.5 Å². The zero-order valence-electron chi connectivity index (χ0n) is 13.2. The molecule has 2 amide bonds. The van der Waals surface area contributed by atoms with Gasteiger partial charge in [0.05, 0.1) is 11.3 Å². The summed E-state index contributed by atoms with van der Waals surface area (Å²) in [5.41, 5.74) is 0.585. The highest BCUT2D eigenvalue weighted by atomic mass is 16.5. The fourth-order valence-electron chi connectivity index (χ4n) is 3.13. The van der Waals surface area contributed by atoms with Crippen molar-refractivity contribution in [2.75, 3.05) is 25.1 Å². The first-order chi connectivity index (χ1) is 11.1. The minimum Gasteiger partial charge on any atom is -0.460 e. The maximum Gasteiger partial charge on any atom is 0.340 e. The van der Waals surface area contributed by atoms with Crippen LogP contribution in [0.1, 0.15) is 36.0 Å². The Bertz CT molecular complexity index is 627. The molecule has 3 rings (SSSR count). The number of nitrogens with zero attached hydrogens (tertiary/aromatic N) is 2. The van der Waals surface area contributed by atoms with Gasteiger partial charge in [-0.15, -0.1) is 0 Å². The third-order valence-corrected chi connectivity index (χ3v) is 4.49. The zero-order chi connectivity index (χ0) is 16.4. The van der Waals surface area contributed by atoms with Crippen molar-refractivity contribution in [1.29, 1.82) is 0 Å². The van der Waals surface area contributed by atoms with Gasteiger partial charge < -0.3 is 9.64 Å². The van der Waals surface area contributed by atoms with E-state index in [0.29, 0.717) is 12.3 Å². The summed E-state index contributed by atoms with van der Waals surface area (Å²) < 4.78 is 5.42. The lowest BCUT2D eigenvalue weighted by atomic mass is 10.1. The fourth-order valence-corrected chi connectivity index (χ4v) is 3.13. The number of amides is 2. The van der Waals surface area contributed by atoms with Crippen molar-refractivity contribution in [3.8, 4) is 0 Å². The average molecular weight is 316 g/mol. The number of carbonyl (C=O) groups excluding carboxylic acids is 3. The Morgan fingerprint density at radius 1 is 1.22 bits per heavy atom. The van der Waals surface area contributed by atoms with E-state index in [1.165, 1.54) is 0 Å². The largest absolute Gasteiger partial charge is 0.460 e. The number of imide groups is 1. The molecule has 6 nitrogen and oxygen atoms in total. The van der Waals surface area contributed by atoms with Crippen molar-refractivity contribution in [1.82, 2.24) is 4.90 Å². The van der Waals surface area contributed by atoms with E-state index in [1.54, 1.807) is 24.3 Å². The van der Waals surface area contributed by atoms with Gasteiger partial charge in [-0.3, -0.25) is 9.59 Å². The Labute approximate surface area is 135 Å². The molecule has 6 heteroatoms. The number of para-hydroxylation sites is 1. The Morgan fingerprint density at radius 2 is 1.91 bits per heavy atom. The first kappa shape index (κ1) is 15.7. The van der Waals surface area contributed by atoms with Gasteiger partial charge in [0.15, 0.2) is 0 Å². The number of rotatable bonds is 4. The van der Waals surface area contributed by atoms with Gasteiger partial charge in [0.2, 0.25) is 11.8 Å². The fraction of sp³-hybridized carbons (Fsp3) is 0.471. The number of carbonyl (C=O) groups is 3. The summed E-state index contributed by atoms with van der Waals surface area (Å²) in [5, 5.41) is 0. The van der Waals surface area contributed by atoms with Crippen LogP contribution in [-0.4, -0.2) is 48.9 Å². The van der Waals surface area contributed by atoms with E-state index < -0.39 is 5.97 Å². The second-order valence-corrected chi connectivity index (χ2v) is 6.02. The topological polar surface area (TPSA) is 66.9 Å². The second kappa shape index (κ2) is 6.50. The molecule has 2 saturated heterocycles. The van der Waals surface area contributed by atoms with Crippen molar-refractivity contribution in [3.05, 3.63) is 29.8 Å². The highest BCUT2D eigenvalue weighted by Gasteiger charge is 2.33. The number of benzene rings is 1. The second-order valence-electron chi connectivity index (χ2n) is 6.02. The van der Waals surface area contributed by atoms with Crippen LogP contribution in [0.2, 0.25) is 0 Å². The predicted octanol–water partition coefficient (Wildman–Crippen LogP) is 1.59. The number of hydrogen-bond donors (Lipinski definition) is 0. The van der Waals surface area contributed by atoms with Crippen LogP contribution in [0, 0.1) is 0 Å². The van der Waals surface area contributed by atoms with Gasteiger partial charge in [0.1, 0.15) is 6.61 Å². The minimum absolute atomic E-state index is 0.190. The molecule has 2 fully saturated rings. The Balaban J connectivity index is 1.76. The molecule has 0 saturated carbocycles. The highest BCUT2D eigenvalue weighted by molar-refractivity contribution is 6.21. The standard InChI is InChI=1S/C17H20N2O4/c1-18-10-4-5-12(18)11-23-17(22)13-6-2-3-7-14(13)19-15(20)8-9-16(19)21/h2-3,6-7,12H,4-5,8-11H2,1H3. The maximum absolute atomic E-state index is 12.4. The lowest BCUT2D eigenvalue weighted by molar-refractivity contribution is -0.121. The van der Waals surface area contributed by atoms with Crippen LogP contribution >= 0.6 is 0 Å². The van der Waals surface area contributed by atoms with Crippen LogP contribution in [0.25, 0.3) is 0 Å².